The molecule has 0 aromatic heterocycles. The van der Waals surface area contributed by atoms with Gasteiger partial charge in [-0.1, -0.05) is 12.1 Å². The van der Waals surface area contributed by atoms with Crippen molar-refractivity contribution in [2.45, 2.75) is 13.5 Å². The van der Waals surface area contributed by atoms with Crippen molar-refractivity contribution >= 4 is 11.6 Å². The molecule has 1 heterocycles. The van der Waals surface area contributed by atoms with Crippen LogP contribution in [-0.4, -0.2) is 42.6 Å². The van der Waals surface area contributed by atoms with E-state index in [9.17, 15) is 14.9 Å². The molecule has 0 radical (unpaired) electrons. The average Bonchev–Trinajstić information content (AvgIpc) is 2.66. The molecule has 0 atom stereocenters. The van der Waals surface area contributed by atoms with Gasteiger partial charge in [-0.15, -0.1) is 0 Å². The Morgan fingerprint density at radius 3 is 2.67 bits per heavy atom. The molecule has 0 bridgehead atoms. The molecule has 8 heteroatoms. The quantitative estimate of drug-likeness (QED) is 0.572. The van der Waals surface area contributed by atoms with Crippen molar-refractivity contribution in [2.24, 2.45) is 0 Å². The van der Waals surface area contributed by atoms with E-state index in [1.54, 1.807) is 20.0 Å². The third kappa shape index (κ3) is 4.46. The van der Waals surface area contributed by atoms with Gasteiger partial charge in [-0.2, -0.15) is 0 Å². The molecule has 2 aromatic carbocycles. The van der Waals surface area contributed by atoms with Gasteiger partial charge < -0.3 is 19.1 Å². The van der Waals surface area contributed by atoms with Gasteiger partial charge in [-0.05, 0) is 36.2 Å². The number of amides is 1. The first kappa shape index (κ1) is 18.5. The number of carbonyl (C=O) groups is 1. The number of nitro benzene ring substituents is 1. The van der Waals surface area contributed by atoms with Crippen LogP contribution >= 0.6 is 0 Å². The van der Waals surface area contributed by atoms with Crippen LogP contribution in [0.25, 0.3) is 0 Å². The molecule has 0 fully saturated rings. The number of rotatable bonds is 6. The van der Waals surface area contributed by atoms with Crippen molar-refractivity contribution in [2.75, 3.05) is 26.9 Å². The molecule has 142 valence electrons. The van der Waals surface area contributed by atoms with Gasteiger partial charge in [-0.3, -0.25) is 14.9 Å². The first-order valence-electron chi connectivity index (χ1n) is 8.44. The summed E-state index contributed by atoms with van der Waals surface area (Å²) in [6.45, 7) is 2.84. The third-order valence-corrected chi connectivity index (χ3v) is 4.11. The molecule has 1 aliphatic heterocycles. The van der Waals surface area contributed by atoms with E-state index in [1.165, 1.54) is 17.0 Å². The number of benzene rings is 2. The summed E-state index contributed by atoms with van der Waals surface area (Å²) in [6.07, 6.45) is 0. The lowest BCUT2D eigenvalue weighted by Gasteiger charge is -2.21. The minimum atomic E-state index is -0.522. The Balaban J connectivity index is 1.61. The Labute approximate surface area is 156 Å². The number of likely N-dealkylation sites (N-methyl/N-ethyl adjacent to an activating group) is 1. The zero-order valence-corrected chi connectivity index (χ0v) is 15.1. The number of fused-ring (bicyclic) bond motifs is 1. The Morgan fingerprint density at radius 1 is 1.19 bits per heavy atom. The number of nitrogens with zero attached hydrogens (tertiary/aromatic N) is 2. The SMILES string of the molecule is Cc1ccc(OCC(=O)N(C)Cc2ccc3c(c2)OCCO3)c([N+](=O)[O-])c1. The zero-order valence-electron chi connectivity index (χ0n) is 15.1. The summed E-state index contributed by atoms with van der Waals surface area (Å²) in [5.74, 6) is 1.13. The smallest absolute Gasteiger partial charge is 0.311 e. The normalized spacial score (nSPS) is 12.4. The molecule has 0 spiro atoms. The minimum Gasteiger partial charge on any atom is -0.486 e. The third-order valence-electron chi connectivity index (χ3n) is 4.11. The molecule has 3 rings (SSSR count). The van der Waals surface area contributed by atoms with Crippen LogP contribution in [0.3, 0.4) is 0 Å². The fourth-order valence-corrected chi connectivity index (χ4v) is 2.69. The van der Waals surface area contributed by atoms with Crippen molar-refractivity contribution in [3.05, 3.63) is 57.6 Å². The highest BCUT2D eigenvalue weighted by Gasteiger charge is 2.18. The topological polar surface area (TPSA) is 91.1 Å². The van der Waals surface area contributed by atoms with E-state index in [4.69, 9.17) is 14.2 Å². The van der Waals surface area contributed by atoms with E-state index in [-0.39, 0.29) is 24.0 Å². The van der Waals surface area contributed by atoms with Crippen LogP contribution in [0.1, 0.15) is 11.1 Å². The first-order chi connectivity index (χ1) is 12.9. The minimum absolute atomic E-state index is 0.0756. The molecule has 0 unspecified atom stereocenters. The van der Waals surface area contributed by atoms with E-state index in [2.05, 4.69) is 0 Å². The fourth-order valence-electron chi connectivity index (χ4n) is 2.69. The Hall–Kier alpha value is -3.29. The number of ether oxygens (including phenoxy) is 3. The van der Waals surface area contributed by atoms with Gasteiger partial charge in [0, 0.05) is 19.7 Å². The molecular formula is C19H20N2O6. The van der Waals surface area contributed by atoms with Gasteiger partial charge in [0.2, 0.25) is 0 Å². The number of nitro groups is 1. The van der Waals surface area contributed by atoms with Crippen LogP contribution in [0.15, 0.2) is 36.4 Å². The second kappa shape index (κ2) is 7.94. The molecule has 27 heavy (non-hydrogen) atoms. The van der Waals surface area contributed by atoms with Gasteiger partial charge >= 0.3 is 5.69 Å². The largest absolute Gasteiger partial charge is 0.486 e. The summed E-state index contributed by atoms with van der Waals surface area (Å²) in [4.78, 5) is 24.4. The standard InChI is InChI=1S/C19H20N2O6/c1-13-3-5-16(15(9-13)21(23)24)27-12-19(22)20(2)11-14-4-6-17-18(10-14)26-8-7-25-17/h3-6,9-10H,7-8,11-12H2,1-2H3. The maximum Gasteiger partial charge on any atom is 0.311 e. The summed E-state index contributed by atoms with van der Waals surface area (Å²) in [5, 5.41) is 11.1. The van der Waals surface area contributed by atoms with Crippen molar-refractivity contribution in [3.63, 3.8) is 0 Å². The summed E-state index contributed by atoms with van der Waals surface area (Å²) >= 11 is 0. The van der Waals surface area contributed by atoms with Crippen molar-refractivity contribution in [1.29, 1.82) is 0 Å². The van der Waals surface area contributed by atoms with Gasteiger partial charge in [0.25, 0.3) is 5.91 Å². The van der Waals surface area contributed by atoms with Crippen molar-refractivity contribution in [1.82, 2.24) is 4.90 Å². The number of carbonyl (C=O) groups excluding carboxylic acids is 1. The van der Waals surface area contributed by atoms with Crippen LogP contribution < -0.4 is 14.2 Å². The molecule has 8 nitrogen and oxygen atoms in total. The number of hydrogen-bond donors (Lipinski definition) is 0. The molecule has 0 saturated heterocycles. The van der Waals surface area contributed by atoms with Crippen molar-refractivity contribution in [3.8, 4) is 17.2 Å². The lowest BCUT2D eigenvalue weighted by molar-refractivity contribution is -0.385. The van der Waals surface area contributed by atoms with Crippen LogP contribution in [0.2, 0.25) is 0 Å². The van der Waals surface area contributed by atoms with E-state index >= 15 is 0 Å². The average molecular weight is 372 g/mol. The summed E-state index contributed by atoms with van der Waals surface area (Å²) in [7, 11) is 1.64. The highest BCUT2D eigenvalue weighted by Crippen LogP contribution is 2.31. The molecule has 0 saturated carbocycles. The first-order valence-corrected chi connectivity index (χ1v) is 8.44. The van der Waals surface area contributed by atoms with Crippen molar-refractivity contribution < 1.29 is 23.9 Å². The van der Waals surface area contributed by atoms with Gasteiger partial charge in [-0.25, -0.2) is 0 Å². The van der Waals surface area contributed by atoms with E-state index < -0.39 is 4.92 Å². The van der Waals surface area contributed by atoms with E-state index in [0.29, 0.717) is 31.3 Å². The van der Waals surface area contributed by atoms with E-state index in [1.807, 2.05) is 18.2 Å². The van der Waals surface area contributed by atoms with Crippen LogP contribution in [0, 0.1) is 17.0 Å². The lowest BCUT2D eigenvalue weighted by Crippen LogP contribution is -2.31. The Bertz CT molecular complexity index is 867. The zero-order chi connectivity index (χ0) is 19.4. The van der Waals surface area contributed by atoms with Crippen LogP contribution in [0.5, 0.6) is 17.2 Å². The van der Waals surface area contributed by atoms with Gasteiger partial charge in [0.1, 0.15) is 13.2 Å². The monoisotopic (exact) mass is 372 g/mol. The Kier molecular flexibility index (Phi) is 5.44. The van der Waals surface area contributed by atoms with Gasteiger partial charge in [0.05, 0.1) is 4.92 Å². The predicted molar refractivity (Wildman–Crippen MR) is 97.2 cm³/mol. The number of hydrogen-bond acceptors (Lipinski definition) is 6. The van der Waals surface area contributed by atoms with Gasteiger partial charge in [0.15, 0.2) is 23.9 Å². The maximum atomic E-state index is 12.3. The van der Waals surface area contributed by atoms with E-state index in [0.717, 1.165) is 11.1 Å². The lowest BCUT2D eigenvalue weighted by atomic mass is 10.2. The summed E-state index contributed by atoms with van der Waals surface area (Å²) in [5.41, 5.74) is 1.48. The second-order valence-corrected chi connectivity index (χ2v) is 6.24. The van der Waals surface area contributed by atoms with Crippen LogP contribution in [-0.2, 0) is 11.3 Å². The predicted octanol–water partition coefficient (Wildman–Crippen LogP) is 2.71. The highest BCUT2D eigenvalue weighted by molar-refractivity contribution is 5.77. The molecule has 2 aromatic rings. The number of aryl methyl sites for hydroxylation is 1. The molecule has 1 amide bonds. The molecule has 0 N–H and O–H groups in total. The molecule has 0 aliphatic carbocycles. The molecule has 1 aliphatic rings. The summed E-state index contributed by atoms with van der Waals surface area (Å²) in [6, 6.07) is 10.1. The highest BCUT2D eigenvalue weighted by atomic mass is 16.6. The second-order valence-electron chi connectivity index (χ2n) is 6.24. The summed E-state index contributed by atoms with van der Waals surface area (Å²) < 4.78 is 16.4. The fraction of sp³-hybridized carbons (Fsp3) is 0.316. The molecular weight excluding hydrogens is 352 g/mol. The maximum absolute atomic E-state index is 12.3. The van der Waals surface area contributed by atoms with Crippen LogP contribution in [0.4, 0.5) is 5.69 Å². The Morgan fingerprint density at radius 2 is 1.93 bits per heavy atom.